The lowest BCUT2D eigenvalue weighted by molar-refractivity contribution is -0.130. The zero-order chi connectivity index (χ0) is 16.7. The van der Waals surface area contributed by atoms with E-state index in [1.54, 1.807) is 12.1 Å². The standard InChI is InChI=1S/C18H27FN2O2/c1-14(2)23-11-10-21-17(6-7-18(21)22)8-9-20-13-15-4-3-5-16(19)12-15/h3-5,12,14,17,20H,6-11,13H2,1-2H3. The van der Waals surface area contributed by atoms with Crippen LogP contribution in [0.25, 0.3) is 0 Å². The molecule has 5 heteroatoms. The highest BCUT2D eigenvalue weighted by Gasteiger charge is 2.29. The number of carbonyl (C=O) groups is 1. The molecule has 1 fully saturated rings. The first kappa shape index (κ1) is 17.9. The first-order valence-electron chi connectivity index (χ1n) is 8.42. The van der Waals surface area contributed by atoms with Crippen LogP contribution in [0.1, 0.15) is 38.7 Å². The predicted molar refractivity (Wildman–Crippen MR) is 88.5 cm³/mol. The lowest BCUT2D eigenvalue weighted by atomic mass is 10.1. The number of halogens is 1. The van der Waals surface area contributed by atoms with Crippen molar-refractivity contribution < 1.29 is 13.9 Å². The van der Waals surface area contributed by atoms with Crippen LogP contribution in [0.3, 0.4) is 0 Å². The molecule has 1 heterocycles. The Kier molecular flexibility index (Phi) is 6.99. The number of nitrogens with one attached hydrogen (secondary N) is 1. The number of hydrogen-bond acceptors (Lipinski definition) is 3. The lowest BCUT2D eigenvalue weighted by Crippen LogP contribution is -2.37. The average Bonchev–Trinajstić information content (AvgIpc) is 2.84. The summed E-state index contributed by atoms with van der Waals surface area (Å²) in [5, 5.41) is 3.33. The zero-order valence-electron chi connectivity index (χ0n) is 14.1. The highest BCUT2D eigenvalue weighted by atomic mass is 19.1. The van der Waals surface area contributed by atoms with Gasteiger partial charge in [0.15, 0.2) is 0 Å². The third-order valence-corrected chi connectivity index (χ3v) is 4.11. The maximum absolute atomic E-state index is 13.1. The minimum Gasteiger partial charge on any atom is -0.377 e. The van der Waals surface area contributed by atoms with Gasteiger partial charge in [-0.3, -0.25) is 4.79 Å². The Morgan fingerprint density at radius 1 is 1.43 bits per heavy atom. The molecular weight excluding hydrogens is 295 g/mol. The van der Waals surface area contributed by atoms with Gasteiger partial charge >= 0.3 is 0 Å². The van der Waals surface area contributed by atoms with Crippen molar-refractivity contribution in [3.8, 4) is 0 Å². The van der Waals surface area contributed by atoms with Crippen molar-refractivity contribution in [1.29, 1.82) is 0 Å². The smallest absolute Gasteiger partial charge is 0.222 e. The summed E-state index contributed by atoms with van der Waals surface area (Å²) in [6.07, 6.45) is 2.67. The highest BCUT2D eigenvalue weighted by Crippen LogP contribution is 2.20. The highest BCUT2D eigenvalue weighted by molar-refractivity contribution is 5.78. The van der Waals surface area contributed by atoms with E-state index in [1.807, 2.05) is 24.8 Å². The van der Waals surface area contributed by atoms with E-state index in [0.717, 1.165) is 24.9 Å². The number of rotatable bonds is 9. The first-order valence-corrected chi connectivity index (χ1v) is 8.42. The number of benzene rings is 1. The molecule has 1 unspecified atom stereocenters. The Bertz CT molecular complexity index is 508. The van der Waals surface area contributed by atoms with Crippen molar-refractivity contribution in [3.63, 3.8) is 0 Å². The molecule has 2 rings (SSSR count). The molecule has 4 nitrogen and oxygen atoms in total. The van der Waals surface area contributed by atoms with E-state index in [9.17, 15) is 9.18 Å². The summed E-state index contributed by atoms with van der Waals surface area (Å²) in [6.45, 7) is 6.73. The summed E-state index contributed by atoms with van der Waals surface area (Å²) in [5.74, 6) is 0.0227. The fraction of sp³-hybridized carbons (Fsp3) is 0.611. The minimum absolute atomic E-state index is 0.194. The largest absolute Gasteiger partial charge is 0.377 e. The van der Waals surface area contributed by atoms with Crippen LogP contribution in [-0.4, -0.2) is 42.6 Å². The minimum atomic E-state index is -0.206. The van der Waals surface area contributed by atoms with E-state index in [1.165, 1.54) is 6.07 Å². The summed E-state index contributed by atoms with van der Waals surface area (Å²) >= 11 is 0. The van der Waals surface area contributed by atoms with Crippen LogP contribution in [0.5, 0.6) is 0 Å². The van der Waals surface area contributed by atoms with Gasteiger partial charge in [-0.1, -0.05) is 12.1 Å². The Morgan fingerprint density at radius 3 is 3.00 bits per heavy atom. The maximum atomic E-state index is 13.1. The Morgan fingerprint density at radius 2 is 2.26 bits per heavy atom. The first-order chi connectivity index (χ1) is 11.1. The molecule has 128 valence electrons. The monoisotopic (exact) mass is 322 g/mol. The number of nitrogens with zero attached hydrogens (tertiary/aromatic N) is 1. The Hall–Kier alpha value is -1.46. The van der Waals surface area contributed by atoms with E-state index >= 15 is 0 Å². The molecule has 1 aliphatic heterocycles. The van der Waals surface area contributed by atoms with Gasteiger partial charge in [0.1, 0.15) is 5.82 Å². The van der Waals surface area contributed by atoms with Crippen LogP contribution in [0.4, 0.5) is 4.39 Å². The predicted octanol–water partition coefficient (Wildman–Crippen LogP) is 2.72. The van der Waals surface area contributed by atoms with Crippen molar-refractivity contribution in [3.05, 3.63) is 35.6 Å². The number of ether oxygens (including phenoxy) is 1. The number of amides is 1. The van der Waals surface area contributed by atoms with Gasteiger partial charge in [0.05, 0.1) is 12.7 Å². The molecule has 0 aliphatic carbocycles. The molecule has 1 aromatic carbocycles. The molecule has 1 amide bonds. The van der Waals surface area contributed by atoms with Crippen LogP contribution < -0.4 is 5.32 Å². The van der Waals surface area contributed by atoms with Crippen LogP contribution >= 0.6 is 0 Å². The van der Waals surface area contributed by atoms with Gasteiger partial charge in [0.2, 0.25) is 5.91 Å². The Labute approximate surface area is 138 Å². The molecule has 0 aromatic heterocycles. The average molecular weight is 322 g/mol. The summed E-state index contributed by atoms with van der Waals surface area (Å²) in [4.78, 5) is 13.9. The third kappa shape index (κ3) is 5.92. The topological polar surface area (TPSA) is 41.6 Å². The van der Waals surface area contributed by atoms with E-state index in [2.05, 4.69) is 5.32 Å². The molecule has 0 bridgehead atoms. The van der Waals surface area contributed by atoms with Crippen LogP contribution in [0, 0.1) is 5.82 Å². The second-order valence-corrected chi connectivity index (χ2v) is 6.29. The fourth-order valence-corrected chi connectivity index (χ4v) is 2.94. The molecular formula is C18H27FN2O2. The molecule has 1 aromatic rings. The second kappa shape index (κ2) is 8.99. The summed E-state index contributed by atoms with van der Waals surface area (Å²) in [6, 6.07) is 6.91. The molecule has 0 radical (unpaired) electrons. The van der Waals surface area contributed by atoms with Gasteiger partial charge in [0, 0.05) is 25.6 Å². The van der Waals surface area contributed by atoms with Gasteiger partial charge in [-0.25, -0.2) is 4.39 Å². The molecule has 23 heavy (non-hydrogen) atoms. The van der Waals surface area contributed by atoms with Gasteiger partial charge in [0.25, 0.3) is 0 Å². The quantitative estimate of drug-likeness (QED) is 0.711. The summed E-state index contributed by atoms with van der Waals surface area (Å²) < 4.78 is 18.7. The van der Waals surface area contributed by atoms with Crippen molar-refractivity contribution in [2.24, 2.45) is 0 Å². The van der Waals surface area contributed by atoms with Gasteiger partial charge in [-0.2, -0.15) is 0 Å². The Balaban J connectivity index is 1.70. The normalized spacial score (nSPS) is 18.2. The van der Waals surface area contributed by atoms with Gasteiger partial charge in [-0.05, 0) is 50.9 Å². The third-order valence-electron chi connectivity index (χ3n) is 4.11. The van der Waals surface area contributed by atoms with Crippen LogP contribution in [0.2, 0.25) is 0 Å². The zero-order valence-corrected chi connectivity index (χ0v) is 14.1. The number of carbonyl (C=O) groups excluding carboxylic acids is 1. The molecule has 1 atom stereocenters. The summed E-state index contributed by atoms with van der Waals surface area (Å²) in [5.41, 5.74) is 0.940. The van der Waals surface area contributed by atoms with E-state index in [-0.39, 0.29) is 17.8 Å². The van der Waals surface area contributed by atoms with Crippen LogP contribution in [-0.2, 0) is 16.1 Å². The fourth-order valence-electron chi connectivity index (χ4n) is 2.94. The van der Waals surface area contributed by atoms with Crippen molar-refractivity contribution in [1.82, 2.24) is 10.2 Å². The van der Waals surface area contributed by atoms with E-state index in [0.29, 0.717) is 32.2 Å². The van der Waals surface area contributed by atoms with Crippen molar-refractivity contribution in [2.45, 2.75) is 51.8 Å². The second-order valence-electron chi connectivity index (χ2n) is 6.29. The molecule has 1 saturated heterocycles. The van der Waals surface area contributed by atoms with Crippen molar-refractivity contribution in [2.75, 3.05) is 19.7 Å². The van der Waals surface area contributed by atoms with Crippen molar-refractivity contribution >= 4 is 5.91 Å². The molecule has 0 spiro atoms. The maximum Gasteiger partial charge on any atom is 0.222 e. The SMILES string of the molecule is CC(C)OCCN1C(=O)CCC1CCNCc1cccc(F)c1. The number of hydrogen-bond donors (Lipinski definition) is 1. The lowest BCUT2D eigenvalue weighted by Gasteiger charge is -2.25. The molecule has 0 saturated carbocycles. The van der Waals surface area contributed by atoms with E-state index in [4.69, 9.17) is 4.74 Å². The molecule has 1 aliphatic rings. The van der Waals surface area contributed by atoms with Crippen LogP contribution in [0.15, 0.2) is 24.3 Å². The number of likely N-dealkylation sites (tertiary alicyclic amines) is 1. The molecule has 1 N–H and O–H groups in total. The van der Waals surface area contributed by atoms with E-state index < -0.39 is 0 Å². The van der Waals surface area contributed by atoms with Gasteiger partial charge < -0.3 is 15.0 Å². The summed E-state index contributed by atoms with van der Waals surface area (Å²) in [7, 11) is 0. The van der Waals surface area contributed by atoms with Gasteiger partial charge in [-0.15, -0.1) is 0 Å².